The fourth-order valence-electron chi connectivity index (χ4n) is 1.13. The van der Waals surface area contributed by atoms with Crippen LogP contribution in [0.2, 0.25) is 0 Å². The smallest absolute Gasteiger partial charge is 0.416 e. The first-order valence-corrected chi connectivity index (χ1v) is 5.20. The van der Waals surface area contributed by atoms with Gasteiger partial charge in [-0.25, -0.2) is 9.13 Å². The maximum absolute atomic E-state index is 13.4. The highest BCUT2D eigenvalue weighted by Gasteiger charge is 2.31. The number of halogens is 4. The maximum atomic E-state index is 13.4. The van der Waals surface area contributed by atoms with Crippen molar-refractivity contribution in [2.45, 2.75) is 32.5 Å². The molecule has 1 aromatic rings. The van der Waals surface area contributed by atoms with E-state index >= 15 is 0 Å². The average Bonchev–Trinajstić information content (AvgIpc) is 2.17. The quantitative estimate of drug-likeness (QED) is 0.250. The Balaban J connectivity index is 3.16. The molecule has 0 fully saturated rings. The van der Waals surface area contributed by atoms with Crippen LogP contribution in [0.1, 0.15) is 31.9 Å². The molecule has 0 bridgehead atoms. The van der Waals surface area contributed by atoms with E-state index < -0.39 is 23.1 Å². The summed E-state index contributed by atoms with van der Waals surface area (Å²) in [5.74, 6) is -1.07. The summed E-state index contributed by atoms with van der Waals surface area (Å²) in [5, 5.41) is 11.5. The zero-order valence-corrected chi connectivity index (χ0v) is 10.2. The van der Waals surface area contributed by atoms with Gasteiger partial charge in [0.25, 0.3) is 0 Å². The van der Waals surface area contributed by atoms with Crippen LogP contribution in [0.25, 0.3) is 0 Å². The van der Waals surface area contributed by atoms with Gasteiger partial charge >= 0.3 is 6.18 Å². The van der Waals surface area contributed by atoms with Crippen LogP contribution >= 0.6 is 0 Å². The van der Waals surface area contributed by atoms with E-state index in [2.05, 4.69) is 0 Å². The highest BCUT2D eigenvalue weighted by Crippen LogP contribution is 2.29. The number of alkyl halides is 3. The Kier molecular flexibility index (Phi) is 3.69. The predicted octanol–water partition coefficient (Wildman–Crippen LogP) is 3.57. The fraction of sp³-hybridized carbons (Fsp3) is 0.417. The van der Waals surface area contributed by atoms with Crippen molar-refractivity contribution in [1.82, 2.24) is 0 Å². The first-order valence-electron chi connectivity index (χ1n) is 5.20. The molecule has 0 aliphatic rings. The Labute approximate surface area is 102 Å². The van der Waals surface area contributed by atoms with E-state index in [1.165, 1.54) is 0 Å². The predicted molar refractivity (Wildman–Crippen MR) is 59.9 cm³/mol. The molecule has 100 valence electrons. The van der Waals surface area contributed by atoms with Crippen LogP contribution in [-0.4, -0.2) is 16.5 Å². The summed E-state index contributed by atoms with van der Waals surface area (Å²) in [6, 6.07) is 2.06. The van der Waals surface area contributed by atoms with Gasteiger partial charge in [0, 0.05) is 20.8 Å². The number of hydrogen-bond donors (Lipinski definition) is 0. The molecule has 0 radical (unpaired) electrons. The van der Waals surface area contributed by atoms with E-state index in [9.17, 15) is 22.8 Å². The molecular formula is C12H13F4NO. The third-order valence-electron chi connectivity index (χ3n) is 2.25. The summed E-state index contributed by atoms with van der Waals surface area (Å²) < 4.78 is 50.8. The molecule has 2 nitrogen and oxygen atoms in total. The first-order chi connectivity index (χ1) is 8.01. The van der Waals surface area contributed by atoms with Crippen LogP contribution in [0.5, 0.6) is 0 Å². The maximum Gasteiger partial charge on any atom is 0.416 e. The second-order valence-corrected chi connectivity index (χ2v) is 4.86. The SMILES string of the molecule is CC(C)(C)[N+]([O-])=Cc1ccc(C(F)(F)F)cc1F. The molecule has 0 unspecified atom stereocenters. The first kappa shape index (κ1) is 14.5. The lowest BCUT2D eigenvalue weighted by Gasteiger charge is -2.18. The van der Waals surface area contributed by atoms with Crippen molar-refractivity contribution in [3.05, 3.63) is 40.4 Å². The minimum Gasteiger partial charge on any atom is -0.623 e. The molecule has 6 heteroatoms. The van der Waals surface area contributed by atoms with Gasteiger partial charge in [-0.3, -0.25) is 0 Å². The van der Waals surface area contributed by atoms with Crippen LogP contribution in [-0.2, 0) is 6.18 Å². The molecule has 0 N–H and O–H groups in total. The van der Waals surface area contributed by atoms with E-state index in [0.29, 0.717) is 10.8 Å². The number of benzene rings is 1. The van der Waals surface area contributed by atoms with E-state index in [1.54, 1.807) is 20.8 Å². The van der Waals surface area contributed by atoms with Gasteiger partial charge in [-0.15, -0.1) is 0 Å². The van der Waals surface area contributed by atoms with Crippen LogP contribution in [0.3, 0.4) is 0 Å². The fourth-order valence-corrected chi connectivity index (χ4v) is 1.13. The zero-order valence-electron chi connectivity index (χ0n) is 10.2. The summed E-state index contributed by atoms with van der Waals surface area (Å²) in [5.41, 5.74) is -2.03. The monoisotopic (exact) mass is 263 g/mol. The van der Waals surface area contributed by atoms with Crippen molar-refractivity contribution in [3.8, 4) is 0 Å². The van der Waals surface area contributed by atoms with Gasteiger partial charge in [0.1, 0.15) is 5.82 Å². The third-order valence-corrected chi connectivity index (χ3v) is 2.25. The lowest BCUT2D eigenvalue weighted by atomic mass is 10.1. The van der Waals surface area contributed by atoms with Gasteiger partial charge in [-0.05, 0) is 18.2 Å². The molecular weight excluding hydrogens is 250 g/mol. The Morgan fingerprint density at radius 2 is 1.72 bits per heavy atom. The minimum atomic E-state index is -4.60. The van der Waals surface area contributed by atoms with E-state index in [-0.39, 0.29) is 5.56 Å². The summed E-state index contributed by atoms with van der Waals surface area (Å²) in [6.45, 7) is 4.83. The standard InChI is InChI=1S/C12H13F4NO/c1-11(2,3)17(18)7-8-4-5-9(6-10(8)13)12(14,15)16/h4-7H,1-3H3. The molecule has 18 heavy (non-hydrogen) atoms. The topological polar surface area (TPSA) is 26.1 Å². The summed E-state index contributed by atoms with van der Waals surface area (Å²) >= 11 is 0. The number of hydrogen-bond acceptors (Lipinski definition) is 1. The summed E-state index contributed by atoms with van der Waals surface area (Å²) in [4.78, 5) is 0. The molecule has 0 heterocycles. The Hall–Kier alpha value is -1.59. The Morgan fingerprint density at radius 3 is 2.11 bits per heavy atom. The second-order valence-electron chi connectivity index (χ2n) is 4.86. The van der Waals surface area contributed by atoms with Crippen molar-refractivity contribution in [1.29, 1.82) is 0 Å². The highest BCUT2D eigenvalue weighted by molar-refractivity contribution is 5.76. The van der Waals surface area contributed by atoms with Gasteiger partial charge < -0.3 is 5.21 Å². The van der Waals surface area contributed by atoms with Crippen molar-refractivity contribution in [2.75, 3.05) is 0 Å². The Morgan fingerprint density at radius 1 is 1.17 bits per heavy atom. The second kappa shape index (κ2) is 4.59. The zero-order chi connectivity index (χ0) is 14.1. The number of rotatable bonds is 1. The highest BCUT2D eigenvalue weighted by atomic mass is 19.4. The lowest BCUT2D eigenvalue weighted by molar-refractivity contribution is -0.530. The number of hydroxylamine groups is 1. The molecule has 0 amide bonds. The van der Waals surface area contributed by atoms with E-state index in [1.807, 2.05) is 0 Å². The number of nitrogens with zero attached hydrogens (tertiary/aromatic N) is 1. The normalized spacial score (nSPS) is 13.8. The van der Waals surface area contributed by atoms with Crippen LogP contribution < -0.4 is 0 Å². The lowest BCUT2D eigenvalue weighted by Crippen LogP contribution is -2.29. The van der Waals surface area contributed by atoms with Gasteiger partial charge in [0.15, 0.2) is 11.8 Å². The van der Waals surface area contributed by atoms with Crippen molar-refractivity contribution in [2.24, 2.45) is 0 Å². The van der Waals surface area contributed by atoms with Crippen LogP contribution in [0.4, 0.5) is 17.6 Å². The molecule has 0 atom stereocenters. The third kappa shape index (κ3) is 3.45. The largest absolute Gasteiger partial charge is 0.623 e. The summed E-state index contributed by atoms with van der Waals surface area (Å²) in [7, 11) is 0. The van der Waals surface area contributed by atoms with Gasteiger partial charge in [-0.1, -0.05) is 0 Å². The van der Waals surface area contributed by atoms with Gasteiger partial charge in [0.05, 0.1) is 11.1 Å². The molecule has 0 saturated heterocycles. The van der Waals surface area contributed by atoms with Crippen LogP contribution in [0, 0.1) is 11.0 Å². The molecule has 0 aliphatic carbocycles. The minimum absolute atomic E-state index is 0.173. The van der Waals surface area contributed by atoms with Gasteiger partial charge in [0.2, 0.25) is 0 Å². The van der Waals surface area contributed by atoms with Crippen molar-refractivity contribution < 1.29 is 22.3 Å². The molecule has 0 aromatic heterocycles. The Bertz CT molecular complexity index is 472. The average molecular weight is 263 g/mol. The van der Waals surface area contributed by atoms with Crippen molar-refractivity contribution in [3.63, 3.8) is 0 Å². The van der Waals surface area contributed by atoms with Crippen LogP contribution in [0.15, 0.2) is 18.2 Å². The molecule has 1 rings (SSSR count). The molecule has 0 saturated carbocycles. The van der Waals surface area contributed by atoms with Crippen molar-refractivity contribution >= 4 is 6.21 Å². The molecule has 1 aromatic carbocycles. The molecule has 0 spiro atoms. The van der Waals surface area contributed by atoms with E-state index in [0.717, 1.165) is 18.3 Å². The molecule has 0 aliphatic heterocycles. The summed E-state index contributed by atoms with van der Waals surface area (Å²) in [6.07, 6.45) is -3.66. The van der Waals surface area contributed by atoms with Gasteiger partial charge in [-0.2, -0.15) is 13.2 Å². The van der Waals surface area contributed by atoms with E-state index in [4.69, 9.17) is 0 Å².